The van der Waals surface area contributed by atoms with E-state index in [-0.39, 0.29) is 28.8 Å². The lowest BCUT2D eigenvalue weighted by atomic mass is 9.83. The lowest BCUT2D eigenvalue weighted by Gasteiger charge is -2.30. The summed E-state index contributed by atoms with van der Waals surface area (Å²) >= 11 is 4.77. The van der Waals surface area contributed by atoms with Gasteiger partial charge in [-0.1, -0.05) is 65.9 Å². The van der Waals surface area contributed by atoms with Crippen molar-refractivity contribution in [2.24, 2.45) is 4.99 Å². The quantitative estimate of drug-likeness (QED) is 0.135. The number of aromatic nitrogens is 1. The molecule has 2 heterocycles. The van der Waals surface area contributed by atoms with E-state index in [2.05, 4.69) is 28.1 Å². The Hall–Kier alpha value is -5.40. The van der Waals surface area contributed by atoms with E-state index < -0.39 is 21.2 Å². The molecule has 0 amide bonds. The molecule has 1 aliphatic heterocycles. The number of hydrogen-bond acceptors (Lipinski definition) is 9. The molecule has 234 valence electrons. The largest absolute Gasteiger partial charge is 0.493 e. The molecule has 0 radical (unpaired) electrons. The predicted octanol–water partition coefficient (Wildman–Crippen LogP) is 6.70. The van der Waals surface area contributed by atoms with Crippen LogP contribution in [-0.4, -0.2) is 21.5 Å². The van der Waals surface area contributed by atoms with Gasteiger partial charge in [-0.05, 0) is 75.3 Å². The van der Waals surface area contributed by atoms with Gasteiger partial charge in [0.25, 0.3) is 11.2 Å². The average molecular weight is 712 g/mol. The zero-order chi connectivity index (χ0) is 32.8. The number of hydrogen-bond donors (Lipinski definition) is 0. The van der Waals surface area contributed by atoms with E-state index in [1.807, 2.05) is 42.5 Å². The molecule has 2 aliphatic rings. The highest BCUT2D eigenvalue weighted by molar-refractivity contribution is 9.10. The van der Waals surface area contributed by atoms with Crippen molar-refractivity contribution in [3.63, 3.8) is 0 Å². The van der Waals surface area contributed by atoms with Gasteiger partial charge < -0.3 is 9.47 Å². The van der Waals surface area contributed by atoms with Gasteiger partial charge in [0.15, 0.2) is 16.3 Å². The van der Waals surface area contributed by atoms with Crippen LogP contribution < -0.4 is 24.4 Å². The maximum absolute atomic E-state index is 14.1. The minimum absolute atomic E-state index is 0.124. The van der Waals surface area contributed by atoms with Crippen molar-refractivity contribution in [1.29, 1.82) is 0 Å². The Morgan fingerprint density at radius 1 is 0.957 bits per heavy atom. The number of rotatable bonds is 7. The molecule has 7 rings (SSSR count). The van der Waals surface area contributed by atoms with Crippen LogP contribution in [-0.2, 0) is 6.42 Å². The number of nitro groups is 2. The van der Waals surface area contributed by atoms with Gasteiger partial charge >= 0.3 is 5.69 Å². The maximum Gasteiger partial charge on any atom is 0.318 e. The predicted molar refractivity (Wildman–Crippen MR) is 180 cm³/mol. The van der Waals surface area contributed by atoms with E-state index in [0.717, 1.165) is 53.4 Å². The first-order valence-corrected chi connectivity index (χ1v) is 16.0. The summed E-state index contributed by atoms with van der Waals surface area (Å²) in [7, 11) is 1.42. The lowest BCUT2D eigenvalue weighted by molar-refractivity contribution is -0.394. The standard InChI is InChI=1S/C34H23BrN4O7S/c1-45-28-16-19(15-25(35)32(28)46-27-14-12-22(38(41)42)18-26(27)39(43)44)17-29-33(40)37-31(21-8-3-2-4-9-21)24-13-11-20-7-5-6-10-23(20)30(24)36-34(37)47-29/h2-10,12,14-18,31H,11,13H2,1H3/b29-17+/t31-/m1/s1. The van der Waals surface area contributed by atoms with E-state index >= 15 is 0 Å². The molecule has 4 aromatic carbocycles. The number of methoxy groups -OCH3 is 1. The van der Waals surface area contributed by atoms with Crippen LogP contribution in [0.3, 0.4) is 0 Å². The Labute approximate surface area is 278 Å². The number of non-ortho nitro benzene ring substituents is 1. The normalized spacial score (nSPS) is 15.3. The van der Waals surface area contributed by atoms with Gasteiger partial charge in [0.1, 0.15) is 0 Å². The second-order valence-electron chi connectivity index (χ2n) is 10.8. The molecule has 5 aromatic rings. The monoisotopic (exact) mass is 710 g/mol. The van der Waals surface area contributed by atoms with Crippen molar-refractivity contribution in [3.8, 4) is 17.2 Å². The van der Waals surface area contributed by atoms with Crippen LogP contribution in [0.25, 0.3) is 11.8 Å². The highest BCUT2D eigenvalue weighted by Gasteiger charge is 2.32. The van der Waals surface area contributed by atoms with Crippen LogP contribution in [0.2, 0.25) is 0 Å². The summed E-state index contributed by atoms with van der Waals surface area (Å²) in [6.45, 7) is 0. The van der Waals surface area contributed by atoms with Crippen molar-refractivity contribution in [3.05, 3.63) is 157 Å². The van der Waals surface area contributed by atoms with Gasteiger partial charge in [0.2, 0.25) is 5.75 Å². The van der Waals surface area contributed by atoms with E-state index in [0.29, 0.717) is 19.4 Å². The van der Waals surface area contributed by atoms with Crippen molar-refractivity contribution < 1.29 is 19.3 Å². The van der Waals surface area contributed by atoms with Gasteiger partial charge in [-0.3, -0.25) is 29.6 Å². The van der Waals surface area contributed by atoms with Crippen molar-refractivity contribution in [2.45, 2.75) is 18.9 Å². The van der Waals surface area contributed by atoms with Crippen LogP contribution in [0, 0.1) is 20.2 Å². The van der Waals surface area contributed by atoms with Gasteiger partial charge in [0.05, 0.1) is 43.8 Å². The van der Waals surface area contributed by atoms with E-state index in [4.69, 9.17) is 14.5 Å². The summed E-state index contributed by atoms with van der Waals surface area (Å²) in [6.07, 6.45) is 3.40. The molecule has 0 N–H and O–H groups in total. The molecule has 0 fully saturated rings. The van der Waals surface area contributed by atoms with Crippen LogP contribution >= 0.6 is 27.3 Å². The topological polar surface area (TPSA) is 139 Å². The summed E-state index contributed by atoms with van der Waals surface area (Å²) in [4.78, 5) is 41.1. The van der Waals surface area contributed by atoms with Gasteiger partial charge in [-0.2, -0.15) is 0 Å². The average Bonchev–Trinajstić information content (AvgIpc) is 3.38. The number of fused-ring (bicyclic) bond motifs is 3. The second-order valence-corrected chi connectivity index (χ2v) is 12.7. The molecule has 0 saturated carbocycles. The molecule has 11 nitrogen and oxygen atoms in total. The fourth-order valence-electron chi connectivity index (χ4n) is 5.99. The van der Waals surface area contributed by atoms with Crippen LogP contribution in [0.15, 0.2) is 105 Å². The molecule has 0 saturated heterocycles. The van der Waals surface area contributed by atoms with Crippen molar-refractivity contribution in [1.82, 2.24) is 4.57 Å². The first-order valence-electron chi connectivity index (χ1n) is 14.4. The SMILES string of the molecule is COc1cc(/C=c2/sc3n(c2=O)[C@H](c2ccccc2)C2=C(N=3)c3ccccc3CC2)cc(Br)c1Oc1ccc([N+](=O)[O-])cc1[N+](=O)[O-]. The van der Waals surface area contributed by atoms with Crippen LogP contribution in [0.5, 0.6) is 17.2 Å². The van der Waals surface area contributed by atoms with E-state index in [1.165, 1.54) is 24.0 Å². The highest BCUT2D eigenvalue weighted by Crippen LogP contribution is 2.44. The summed E-state index contributed by atoms with van der Waals surface area (Å²) in [5, 5.41) is 22.8. The molecule has 0 spiro atoms. The number of aryl methyl sites for hydroxylation is 1. The van der Waals surface area contributed by atoms with Gasteiger partial charge in [0, 0.05) is 11.6 Å². The Kier molecular flexibility index (Phi) is 7.78. The molecule has 1 atom stereocenters. The fourth-order valence-corrected chi connectivity index (χ4v) is 7.53. The van der Waals surface area contributed by atoms with Crippen molar-refractivity contribution >= 4 is 50.4 Å². The van der Waals surface area contributed by atoms with Crippen LogP contribution in [0.1, 0.15) is 34.7 Å². The fraction of sp³-hybridized carbons (Fsp3) is 0.118. The molecule has 0 bridgehead atoms. The minimum Gasteiger partial charge on any atom is -0.493 e. The van der Waals surface area contributed by atoms with Crippen molar-refractivity contribution in [2.75, 3.05) is 7.11 Å². The van der Waals surface area contributed by atoms with Crippen LogP contribution in [0.4, 0.5) is 11.4 Å². The Morgan fingerprint density at radius 2 is 1.72 bits per heavy atom. The number of thiazole rings is 1. The number of allylic oxidation sites excluding steroid dienone is 1. The van der Waals surface area contributed by atoms with E-state index in [9.17, 15) is 25.0 Å². The molecule has 13 heteroatoms. The summed E-state index contributed by atoms with van der Waals surface area (Å²) in [5.74, 6) is 0.144. The third-order valence-corrected chi connectivity index (χ3v) is 9.67. The third-order valence-electron chi connectivity index (χ3n) is 8.10. The summed E-state index contributed by atoms with van der Waals surface area (Å²) in [5.41, 5.74) is 4.78. The molecular weight excluding hydrogens is 688 g/mol. The number of benzene rings is 4. The first kappa shape index (κ1) is 30.3. The smallest absolute Gasteiger partial charge is 0.318 e. The highest BCUT2D eigenvalue weighted by atomic mass is 79.9. The lowest BCUT2D eigenvalue weighted by Crippen LogP contribution is -2.38. The Morgan fingerprint density at radius 3 is 2.47 bits per heavy atom. The van der Waals surface area contributed by atoms with Gasteiger partial charge in [-0.25, -0.2) is 4.99 Å². The van der Waals surface area contributed by atoms with Gasteiger partial charge in [-0.15, -0.1) is 0 Å². The molecular formula is C34H23BrN4O7S. The third kappa shape index (κ3) is 5.42. The maximum atomic E-state index is 14.1. The molecule has 1 aliphatic carbocycles. The molecule has 1 aromatic heterocycles. The number of nitrogens with zero attached hydrogens (tertiary/aromatic N) is 4. The Bertz CT molecular complexity index is 2330. The second kappa shape index (κ2) is 12.1. The first-order chi connectivity index (χ1) is 22.7. The summed E-state index contributed by atoms with van der Waals surface area (Å²) in [6, 6.07) is 24.4. The zero-order valence-corrected chi connectivity index (χ0v) is 27.0. The minimum atomic E-state index is -0.754. The van der Waals surface area contributed by atoms with E-state index in [1.54, 1.807) is 22.8 Å². The Balaban J connectivity index is 1.33. The number of ether oxygens (including phenoxy) is 2. The summed E-state index contributed by atoms with van der Waals surface area (Å²) < 4.78 is 14.1. The molecule has 47 heavy (non-hydrogen) atoms. The zero-order valence-electron chi connectivity index (χ0n) is 24.6. The molecule has 0 unspecified atom stereocenters. The number of halogens is 1. The number of nitro benzene ring substituents is 2.